The van der Waals surface area contributed by atoms with Gasteiger partial charge in [-0.05, 0) is 6.42 Å². The number of hydrogen-bond acceptors (Lipinski definition) is 6. The molecule has 3 atom stereocenters. The summed E-state index contributed by atoms with van der Waals surface area (Å²) in [6, 6.07) is 0. The van der Waals surface area contributed by atoms with Crippen molar-refractivity contribution < 1.29 is 19.1 Å². The van der Waals surface area contributed by atoms with Crippen LogP contribution >= 0.6 is 0 Å². The third-order valence-electron chi connectivity index (χ3n) is 5.16. The van der Waals surface area contributed by atoms with Crippen molar-refractivity contribution in [2.75, 3.05) is 39.4 Å². The molecule has 25 heavy (non-hydrogen) atoms. The molecule has 2 amide bonds. The molecule has 0 saturated carbocycles. The molecular weight excluding hydrogens is 326 g/mol. The summed E-state index contributed by atoms with van der Waals surface area (Å²) in [7, 11) is 1.74. The van der Waals surface area contributed by atoms with E-state index < -0.39 is 0 Å². The van der Waals surface area contributed by atoms with Gasteiger partial charge in [0.05, 0.1) is 31.8 Å². The fourth-order valence-electron chi connectivity index (χ4n) is 3.87. The first-order valence-electron chi connectivity index (χ1n) is 8.76. The smallest absolute Gasteiger partial charge is 0.293 e. The van der Waals surface area contributed by atoms with Gasteiger partial charge in [0.1, 0.15) is 6.33 Å². The topological polar surface area (TPSA) is 89.8 Å². The van der Waals surface area contributed by atoms with Gasteiger partial charge in [-0.15, -0.1) is 5.10 Å². The lowest BCUT2D eigenvalue weighted by Gasteiger charge is -2.28. The second-order valence-electron chi connectivity index (χ2n) is 6.94. The second-order valence-corrected chi connectivity index (χ2v) is 6.94. The number of carbonyl (C=O) groups is 2. The van der Waals surface area contributed by atoms with Crippen molar-refractivity contribution in [2.45, 2.75) is 25.0 Å². The molecule has 0 aliphatic carbocycles. The molecule has 4 heterocycles. The molecule has 9 nitrogen and oxygen atoms in total. The summed E-state index contributed by atoms with van der Waals surface area (Å²) in [6.07, 6.45) is 2.72. The Bertz CT molecular complexity index is 643. The number of aromatic nitrogens is 3. The summed E-state index contributed by atoms with van der Waals surface area (Å²) >= 11 is 0. The lowest BCUT2D eigenvalue weighted by Crippen LogP contribution is -2.42. The Hall–Kier alpha value is -2.00. The van der Waals surface area contributed by atoms with Gasteiger partial charge in [-0.3, -0.25) is 14.3 Å². The molecule has 9 heteroatoms. The molecule has 3 aliphatic heterocycles. The van der Waals surface area contributed by atoms with Gasteiger partial charge >= 0.3 is 0 Å². The fourth-order valence-corrected chi connectivity index (χ4v) is 3.87. The quantitative estimate of drug-likeness (QED) is 0.716. The number of ether oxygens (including phenoxy) is 2. The first kappa shape index (κ1) is 16.5. The lowest BCUT2D eigenvalue weighted by molar-refractivity contribution is -0.138. The molecular formula is C16H23N5O4. The number of morpholine rings is 1. The molecule has 0 spiro atoms. The van der Waals surface area contributed by atoms with Crippen LogP contribution in [0, 0.1) is 5.92 Å². The minimum Gasteiger partial charge on any atom is -0.378 e. The highest BCUT2D eigenvalue weighted by molar-refractivity contribution is 5.90. The number of nitrogens with zero attached hydrogens (tertiary/aromatic N) is 5. The summed E-state index contributed by atoms with van der Waals surface area (Å²) in [5, 5.41) is 4.07. The Morgan fingerprint density at radius 3 is 2.72 bits per heavy atom. The molecule has 3 saturated heterocycles. The van der Waals surface area contributed by atoms with E-state index in [1.807, 2.05) is 4.90 Å². The van der Waals surface area contributed by atoms with E-state index in [4.69, 9.17) is 9.47 Å². The number of rotatable bonds is 3. The minimum absolute atomic E-state index is 0.00940. The predicted molar refractivity (Wildman–Crippen MR) is 85.7 cm³/mol. The molecule has 0 unspecified atom stereocenters. The van der Waals surface area contributed by atoms with Crippen LogP contribution in [0.4, 0.5) is 0 Å². The zero-order chi connectivity index (χ0) is 17.4. The fraction of sp³-hybridized carbons (Fsp3) is 0.750. The average Bonchev–Trinajstić information content (AvgIpc) is 3.29. The minimum atomic E-state index is -0.153. The van der Waals surface area contributed by atoms with Crippen molar-refractivity contribution in [1.29, 1.82) is 0 Å². The summed E-state index contributed by atoms with van der Waals surface area (Å²) in [6.45, 7) is 3.74. The highest BCUT2D eigenvalue weighted by atomic mass is 16.5. The molecule has 3 aliphatic rings. The van der Waals surface area contributed by atoms with Gasteiger partial charge in [0.2, 0.25) is 11.7 Å². The predicted octanol–water partition coefficient (Wildman–Crippen LogP) is -0.706. The standard InChI is InChI=1S/C16H23N5O4/c1-19-10-17-15(18-19)16(23)21-8-11-6-12(25-13(11)9-21)7-14(22)20-2-4-24-5-3-20/h10-13H,2-9H2,1H3/t11-,12-,13+/m0/s1. The molecule has 0 aromatic carbocycles. The van der Waals surface area contributed by atoms with Crippen LogP contribution in [0.25, 0.3) is 0 Å². The molecule has 1 aromatic heterocycles. The van der Waals surface area contributed by atoms with Crippen LogP contribution in [0.2, 0.25) is 0 Å². The van der Waals surface area contributed by atoms with E-state index in [2.05, 4.69) is 10.1 Å². The zero-order valence-electron chi connectivity index (χ0n) is 14.3. The monoisotopic (exact) mass is 349 g/mol. The SMILES string of the molecule is Cn1cnc(C(=O)N2C[C@@H]3C[C@@H](CC(=O)N4CCOCC4)O[C@@H]3C2)n1. The van der Waals surface area contributed by atoms with Crippen LogP contribution in [0.15, 0.2) is 6.33 Å². The molecule has 0 radical (unpaired) electrons. The van der Waals surface area contributed by atoms with Crippen molar-refractivity contribution in [3.05, 3.63) is 12.2 Å². The van der Waals surface area contributed by atoms with Gasteiger partial charge in [0.15, 0.2) is 0 Å². The van der Waals surface area contributed by atoms with Crippen LogP contribution in [-0.4, -0.2) is 88.0 Å². The Labute approximate surface area is 145 Å². The van der Waals surface area contributed by atoms with Gasteiger partial charge in [0.25, 0.3) is 5.91 Å². The van der Waals surface area contributed by atoms with E-state index in [9.17, 15) is 9.59 Å². The van der Waals surface area contributed by atoms with Crippen molar-refractivity contribution in [1.82, 2.24) is 24.6 Å². The van der Waals surface area contributed by atoms with E-state index >= 15 is 0 Å². The first-order chi connectivity index (χ1) is 12.1. The van der Waals surface area contributed by atoms with Crippen LogP contribution < -0.4 is 0 Å². The average molecular weight is 349 g/mol. The maximum atomic E-state index is 12.4. The van der Waals surface area contributed by atoms with Crippen LogP contribution in [0.1, 0.15) is 23.5 Å². The lowest BCUT2D eigenvalue weighted by atomic mass is 10.0. The normalized spacial score (nSPS) is 29.1. The van der Waals surface area contributed by atoms with E-state index in [1.54, 1.807) is 11.9 Å². The Kier molecular flexibility index (Phi) is 4.43. The van der Waals surface area contributed by atoms with Gasteiger partial charge < -0.3 is 19.3 Å². The number of carbonyl (C=O) groups excluding carboxylic acids is 2. The molecule has 136 valence electrons. The zero-order valence-corrected chi connectivity index (χ0v) is 14.3. The number of fused-ring (bicyclic) bond motifs is 1. The van der Waals surface area contributed by atoms with E-state index in [-0.39, 0.29) is 35.8 Å². The molecule has 1 aromatic rings. The van der Waals surface area contributed by atoms with E-state index in [1.165, 1.54) is 11.0 Å². The van der Waals surface area contributed by atoms with E-state index in [0.29, 0.717) is 45.8 Å². The van der Waals surface area contributed by atoms with Crippen LogP contribution in [-0.2, 0) is 21.3 Å². The largest absolute Gasteiger partial charge is 0.378 e. The highest BCUT2D eigenvalue weighted by Crippen LogP contribution is 2.34. The van der Waals surface area contributed by atoms with Gasteiger partial charge in [-0.1, -0.05) is 0 Å². The van der Waals surface area contributed by atoms with Crippen molar-refractivity contribution in [3.63, 3.8) is 0 Å². The van der Waals surface area contributed by atoms with Gasteiger partial charge in [-0.2, -0.15) is 0 Å². The third kappa shape index (κ3) is 3.38. The number of likely N-dealkylation sites (tertiary alicyclic amines) is 1. The van der Waals surface area contributed by atoms with Crippen molar-refractivity contribution in [3.8, 4) is 0 Å². The Morgan fingerprint density at radius 2 is 2.04 bits per heavy atom. The molecule has 3 fully saturated rings. The molecule has 0 bridgehead atoms. The number of aryl methyl sites for hydroxylation is 1. The third-order valence-corrected chi connectivity index (χ3v) is 5.16. The summed E-state index contributed by atoms with van der Waals surface area (Å²) in [5.74, 6) is 0.495. The van der Waals surface area contributed by atoms with Crippen molar-refractivity contribution >= 4 is 11.8 Å². The summed E-state index contributed by atoms with van der Waals surface area (Å²) in [5.41, 5.74) is 0. The van der Waals surface area contributed by atoms with Gasteiger partial charge in [-0.25, -0.2) is 4.98 Å². The number of hydrogen-bond donors (Lipinski definition) is 0. The maximum absolute atomic E-state index is 12.4. The van der Waals surface area contributed by atoms with Crippen LogP contribution in [0.3, 0.4) is 0 Å². The molecule has 0 N–H and O–H groups in total. The van der Waals surface area contributed by atoms with Crippen LogP contribution in [0.5, 0.6) is 0 Å². The maximum Gasteiger partial charge on any atom is 0.293 e. The highest BCUT2D eigenvalue weighted by Gasteiger charge is 2.44. The molecule has 4 rings (SSSR count). The summed E-state index contributed by atoms with van der Waals surface area (Å²) in [4.78, 5) is 32.4. The number of amides is 2. The van der Waals surface area contributed by atoms with E-state index in [0.717, 1.165) is 6.42 Å². The van der Waals surface area contributed by atoms with Crippen molar-refractivity contribution in [2.24, 2.45) is 13.0 Å². The Morgan fingerprint density at radius 1 is 1.24 bits per heavy atom. The summed E-state index contributed by atoms with van der Waals surface area (Å²) < 4.78 is 12.8. The second kappa shape index (κ2) is 6.72. The van der Waals surface area contributed by atoms with Gasteiger partial charge in [0, 0.05) is 39.1 Å². The Balaban J connectivity index is 1.28. The first-order valence-corrected chi connectivity index (χ1v) is 8.76.